The highest BCUT2D eigenvalue weighted by Crippen LogP contribution is 2.14. The van der Waals surface area contributed by atoms with Crippen molar-refractivity contribution in [1.29, 1.82) is 0 Å². The first-order valence-electron chi connectivity index (χ1n) is 25.7. The zero-order chi connectivity index (χ0) is 45.8. The number of allylic oxidation sites excluding steroid dienone is 16. The second-order valence-corrected chi connectivity index (χ2v) is 16.7. The molecule has 0 aliphatic heterocycles. The summed E-state index contributed by atoms with van der Waals surface area (Å²) in [5.41, 5.74) is 0. The van der Waals surface area contributed by atoms with Gasteiger partial charge in [0.2, 0.25) is 0 Å². The Morgan fingerprint density at radius 1 is 0.333 bits per heavy atom. The van der Waals surface area contributed by atoms with Crippen LogP contribution in [-0.4, -0.2) is 37.2 Å². The van der Waals surface area contributed by atoms with Gasteiger partial charge in [0.25, 0.3) is 0 Å². The minimum absolute atomic E-state index is 0.102. The van der Waals surface area contributed by atoms with Crippen LogP contribution in [0.15, 0.2) is 97.2 Å². The summed E-state index contributed by atoms with van der Waals surface area (Å²) in [4.78, 5) is 38.0. The van der Waals surface area contributed by atoms with E-state index in [9.17, 15) is 14.4 Å². The van der Waals surface area contributed by atoms with Gasteiger partial charge >= 0.3 is 17.9 Å². The molecule has 0 spiro atoms. The molecule has 0 rings (SSSR count). The number of carbonyl (C=O) groups excluding carboxylic acids is 3. The van der Waals surface area contributed by atoms with Gasteiger partial charge in [-0.3, -0.25) is 14.4 Å². The van der Waals surface area contributed by atoms with Gasteiger partial charge in [-0.05, 0) is 96.3 Å². The quantitative estimate of drug-likeness (QED) is 0.0262. The Kier molecular flexibility index (Phi) is 48.0. The van der Waals surface area contributed by atoms with Crippen LogP contribution in [0.1, 0.15) is 226 Å². The van der Waals surface area contributed by atoms with Crippen molar-refractivity contribution in [1.82, 2.24) is 0 Å². The first-order valence-corrected chi connectivity index (χ1v) is 25.7. The van der Waals surface area contributed by atoms with Crippen molar-refractivity contribution in [2.75, 3.05) is 13.2 Å². The zero-order valence-corrected chi connectivity index (χ0v) is 40.8. The molecule has 0 N–H and O–H groups in total. The van der Waals surface area contributed by atoms with E-state index in [0.29, 0.717) is 19.3 Å². The number of unbranched alkanes of at least 4 members (excludes halogenated alkanes) is 18. The second-order valence-electron chi connectivity index (χ2n) is 16.7. The zero-order valence-electron chi connectivity index (χ0n) is 40.8. The summed E-state index contributed by atoms with van der Waals surface area (Å²) < 4.78 is 16.7. The minimum Gasteiger partial charge on any atom is -0.462 e. The molecular formula is C57H94O6. The third-order valence-electron chi connectivity index (χ3n) is 10.6. The van der Waals surface area contributed by atoms with Gasteiger partial charge in [-0.1, -0.05) is 208 Å². The Balaban J connectivity index is 4.50. The molecule has 63 heavy (non-hydrogen) atoms. The molecule has 0 radical (unpaired) electrons. The van der Waals surface area contributed by atoms with Crippen LogP contribution < -0.4 is 0 Å². The van der Waals surface area contributed by atoms with Gasteiger partial charge in [0, 0.05) is 19.3 Å². The Morgan fingerprint density at radius 3 is 1.00 bits per heavy atom. The topological polar surface area (TPSA) is 78.9 Å². The molecule has 0 bridgehead atoms. The number of hydrogen-bond acceptors (Lipinski definition) is 6. The third-order valence-corrected chi connectivity index (χ3v) is 10.6. The smallest absolute Gasteiger partial charge is 0.306 e. The molecule has 0 saturated carbocycles. The summed E-state index contributed by atoms with van der Waals surface area (Å²) in [7, 11) is 0. The van der Waals surface area contributed by atoms with Gasteiger partial charge < -0.3 is 14.2 Å². The lowest BCUT2D eigenvalue weighted by atomic mass is 10.0. The van der Waals surface area contributed by atoms with Crippen molar-refractivity contribution in [2.45, 2.75) is 232 Å². The molecule has 0 aromatic carbocycles. The fourth-order valence-electron chi connectivity index (χ4n) is 6.78. The van der Waals surface area contributed by atoms with E-state index in [0.717, 1.165) is 116 Å². The maximum Gasteiger partial charge on any atom is 0.306 e. The van der Waals surface area contributed by atoms with Gasteiger partial charge in [-0.15, -0.1) is 0 Å². The van der Waals surface area contributed by atoms with Gasteiger partial charge in [0.05, 0.1) is 0 Å². The molecule has 1 unspecified atom stereocenters. The molecule has 6 heteroatoms. The summed E-state index contributed by atoms with van der Waals surface area (Å²) in [5.74, 6) is -0.970. The fourth-order valence-corrected chi connectivity index (χ4v) is 6.78. The Hall–Kier alpha value is -3.67. The second kappa shape index (κ2) is 51.0. The fraction of sp³-hybridized carbons (Fsp3) is 0.667. The molecular weight excluding hydrogens is 781 g/mol. The largest absolute Gasteiger partial charge is 0.462 e. The van der Waals surface area contributed by atoms with Crippen molar-refractivity contribution >= 4 is 17.9 Å². The number of ether oxygens (including phenoxy) is 3. The van der Waals surface area contributed by atoms with E-state index >= 15 is 0 Å². The van der Waals surface area contributed by atoms with Gasteiger partial charge in [-0.2, -0.15) is 0 Å². The molecule has 0 fully saturated rings. The van der Waals surface area contributed by atoms with Gasteiger partial charge in [0.15, 0.2) is 6.10 Å². The van der Waals surface area contributed by atoms with Gasteiger partial charge in [-0.25, -0.2) is 0 Å². The maximum absolute atomic E-state index is 12.8. The van der Waals surface area contributed by atoms with Crippen LogP contribution in [0.5, 0.6) is 0 Å². The van der Waals surface area contributed by atoms with Gasteiger partial charge in [0.1, 0.15) is 13.2 Å². The highest BCUT2D eigenvalue weighted by molar-refractivity contribution is 5.71. The lowest BCUT2D eigenvalue weighted by Crippen LogP contribution is -2.30. The summed E-state index contributed by atoms with van der Waals surface area (Å²) in [6, 6.07) is 0. The number of rotatable bonds is 45. The molecule has 6 nitrogen and oxygen atoms in total. The summed E-state index contributed by atoms with van der Waals surface area (Å²) in [6.07, 6.45) is 66.7. The van der Waals surface area contributed by atoms with Crippen molar-refractivity contribution in [3.63, 3.8) is 0 Å². The van der Waals surface area contributed by atoms with E-state index in [1.807, 2.05) is 0 Å². The van der Waals surface area contributed by atoms with Crippen LogP contribution >= 0.6 is 0 Å². The predicted octanol–water partition coefficient (Wildman–Crippen LogP) is 17.0. The van der Waals surface area contributed by atoms with Crippen LogP contribution in [0.25, 0.3) is 0 Å². The number of hydrogen-bond donors (Lipinski definition) is 0. The van der Waals surface area contributed by atoms with Crippen molar-refractivity contribution in [2.24, 2.45) is 0 Å². The maximum atomic E-state index is 12.8. The van der Waals surface area contributed by atoms with Crippen LogP contribution in [0.4, 0.5) is 0 Å². The lowest BCUT2D eigenvalue weighted by Gasteiger charge is -2.18. The normalized spacial score (nSPS) is 12.9. The van der Waals surface area contributed by atoms with Crippen molar-refractivity contribution in [3.05, 3.63) is 97.2 Å². The Labute approximate surface area is 387 Å². The SMILES string of the molecule is CC/C=C\C/C=C\C/C=C\C/C=C\CCCCCCC(=O)OCC(COC(=O)CCCCCCCCCCCCCCC)OC(=O)CCCC/C=C\C/C=C\C/C=C\C/C=C\CC. The minimum atomic E-state index is -0.808. The first kappa shape index (κ1) is 59.3. The van der Waals surface area contributed by atoms with Crippen LogP contribution in [0, 0.1) is 0 Å². The highest BCUT2D eigenvalue weighted by atomic mass is 16.6. The van der Waals surface area contributed by atoms with E-state index < -0.39 is 6.10 Å². The Morgan fingerprint density at radius 2 is 0.619 bits per heavy atom. The molecule has 0 aromatic heterocycles. The average Bonchev–Trinajstić information content (AvgIpc) is 3.28. The molecule has 0 heterocycles. The number of esters is 3. The average molecular weight is 875 g/mol. The first-order chi connectivity index (χ1) is 31.0. The van der Waals surface area contributed by atoms with Crippen LogP contribution in [0.2, 0.25) is 0 Å². The number of carbonyl (C=O) groups is 3. The van der Waals surface area contributed by atoms with E-state index in [-0.39, 0.29) is 37.5 Å². The predicted molar refractivity (Wildman–Crippen MR) is 270 cm³/mol. The third kappa shape index (κ3) is 49.2. The Bertz CT molecular complexity index is 1280. The molecule has 0 aliphatic rings. The monoisotopic (exact) mass is 875 g/mol. The van der Waals surface area contributed by atoms with Crippen LogP contribution in [0.3, 0.4) is 0 Å². The highest BCUT2D eigenvalue weighted by Gasteiger charge is 2.19. The van der Waals surface area contributed by atoms with Crippen LogP contribution in [-0.2, 0) is 28.6 Å². The molecule has 0 saturated heterocycles. The summed E-state index contributed by atoms with van der Waals surface area (Å²) in [6.45, 7) is 6.35. The lowest BCUT2D eigenvalue weighted by molar-refractivity contribution is -0.167. The van der Waals surface area contributed by atoms with Crippen molar-refractivity contribution < 1.29 is 28.6 Å². The van der Waals surface area contributed by atoms with E-state index in [1.54, 1.807) is 0 Å². The van der Waals surface area contributed by atoms with Crippen molar-refractivity contribution in [3.8, 4) is 0 Å². The molecule has 1 atom stereocenters. The molecule has 0 amide bonds. The van der Waals surface area contributed by atoms with E-state index in [2.05, 4.69) is 118 Å². The standard InChI is InChI=1S/C57H94O6/c1-4-7-10-13-16-19-22-25-27-28-30-32-35-38-41-44-47-50-56(59)62-53-54(52-61-55(58)49-46-43-40-37-34-31-24-21-18-15-12-9-6-3)63-57(60)51-48-45-42-39-36-33-29-26-23-20-17-14-11-8-5-2/h7-8,10-11,16-17,19-20,25-27,29-30,32,36,39,54H,4-6,9,12-15,18,21-24,28,31,33-35,37-38,40-53H2,1-3H3/b10-7-,11-8-,19-16-,20-17-,27-25-,29-26-,32-30-,39-36-. The molecule has 0 aromatic rings. The summed E-state index contributed by atoms with van der Waals surface area (Å²) in [5, 5.41) is 0. The van der Waals surface area contributed by atoms with E-state index in [4.69, 9.17) is 14.2 Å². The molecule has 0 aliphatic carbocycles. The molecule has 358 valence electrons. The van der Waals surface area contributed by atoms with E-state index in [1.165, 1.54) is 64.2 Å². The summed E-state index contributed by atoms with van der Waals surface area (Å²) >= 11 is 0.